The van der Waals surface area contributed by atoms with Crippen molar-refractivity contribution in [2.45, 2.75) is 31.2 Å². The Morgan fingerprint density at radius 1 is 1.35 bits per heavy atom. The third-order valence-corrected chi connectivity index (χ3v) is 2.51. The van der Waals surface area contributed by atoms with Crippen molar-refractivity contribution in [1.29, 1.82) is 0 Å². The Balaban J connectivity index is 2.18. The lowest BCUT2D eigenvalue weighted by atomic mass is 10.1. The SMILES string of the molecule is NNC(c1cccc(OC2CC2)c1)C(F)(F)F. The summed E-state index contributed by atoms with van der Waals surface area (Å²) in [4.78, 5) is 0. The molecule has 1 atom stereocenters. The third kappa shape index (κ3) is 3.10. The maximum absolute atomic E-state index is 12.6. The van der Waals surface area contributed by atoms with E-state index in [4.69, 9.17) is 10.6 Å². The molecule has 3 N–H and O–H groups in total. The molecule has 1 saturated carbocycles. The predicted molar refractivity (Wildman–Crippen MR) is 56.2 cm³/mol. The van der Waals surface area contributed by atoms with Crippen LogP contribution in [0.15, 0.2) is 24.3 Å². The average Bonchev–Trinajstić information content (AvgIpc) is 3.01. The van der Waals surface area contributed by atoms with E-state index < -0.39 is 12.2 Å². The van der Waals surface area contributed by atoms with E-state index in [1.54, 1.807) is 11.5 Å². The molecule has 1 aromatic carbocycles. The smallest absolute Gasteiger partial charge is 0.409 e. The van der Waals surface area contributed by atoms with Gasteiger partial charge in [-0.1, -0.05) is 12.1 Å². The number of rotatable bonds is 4. The van der Waals surface area contributed by atoms with Crippen LogP contribution in [-0.4, -0.2) is 12.3 Å². The van der Waals surface area contributed by atoms with Crippen molar-refractivity contribution >= 4 is 0 Å². The number of hydrogen-bond acceptors (Lipinski definition) is 3. The Morgan fingerprint density at radius 3 is 2.59 bits per heavy atom. The highest BCUT2D eigenvalue weighted by atomic mass is 19.4. The molecule has 1 aromatic rings. The maximum atomic E-state index is 12.6. The van der Waals surface area contributed by atoms with Gasteiger partial charge in [0, 0.05) is 0 Å². The number of halogens is 3. The average molecular weight is 246 g/mol. The zero-order valence-corrected chi connectivity index (χ0v) is 9.00. The molecule has 0 amide bonds. The normalized spacial score (nSPS) is 17.9. The Hall–Kier alpha value is -1.27. The van der Waals surface area contributed by atoms with E-state index in [1.807, 2.05) is 0 Å². The Morgan fingerprint density at radius 2 is 2.06 bits per heavy atom. The third-order valence-electron chi connectivity index (χ3n) is 2.51. The van der Waals surface area contributed by atoms with Crippen molar-refractivity contribution in [3.05, 3.63) is 29.8 Å². The van der Waals surface area contributed by atoms with Crippen molar-refractivity contribution in [2.75, 3.05) is 0 Å². The number of nitrogens with two attached hydrogens (primary N) is 1. The van der Waals surface area contributed by atoms with Gasteiger partial charge in [0.05, 0.1) is 6.10 Å². The molecule has 0 aliphatic heterocycles. The molecule has 3 nitrogen and oxygen atoms in total. The highest BCUT2D eigenvalue weighted by Crippen LogP contribution is 2.34. The van der Waals surface area contributed by atoms with Crippen LogP contribution in [0.2, 0.25) is 0 Å². The molecule has 17 heavy (non-hydrogen) atoms. The van der Waals surface area contributed by atoms with E-state index in [0.717, 1.165) is 12.8 Å². The van der Waals surface area contributed by atoms with Gasteiger partial charge >= 0.3 is 6.18 Å². The monoisotopic (exact) mass is 246 g/mol. The summed E-state index contributed by atoms with van der Waals surface area (Å²) in [5, 5.41) is 0. The minimum Gasteiger partial charge on any atom is -0.490 e. The largest absolute Gasteiger partial charge is 0.490 e. The van der Waals surface area contributed by atoms with Gasteiger partial charge in [0.1, 0.15) is 11.8 Å². The fraction of sp³-hybridized carbons (Fsp3) is 0.455. The minimum absolute atomic E-state index is 0.0538. The lowest BCUT2D eigenvalue weighted by molar-refractivity contribution is -0.157. The molecule has 0 aromatic heterocycles. The lowest BCUT2D eigenvalue weighted by Crippen LogP contribution is -2.38. The number of alkyl halides is 3. The highest BCUT2D eigenvalue weighted by Gasteiger charge is 2.40. The molecule has 0 heterocycles. The molecule has 0 saturated heterocycles. The summed E-state index contributed by atoms with van der Waals surface area (Å²) in [5.74, 6) is 5.40. The standard InChI is InChI=1S/C11H13F3N2O/c12-11(13,14)10(16-15)7-2-1-3-9(6-7)17-8-4-5-8/h1-3,6,8,10,16H,4-5,15H2. The molecule has 1 aliphatic rings. The fourth-order valence-electron chi connectivity index (χ4n) is 1.53. The van der Waals surface area contributed by atoms with Crippen molar-refractivity contribution in [1.82, 2.24) is 5.43 Å². The van der Waals surface area contributed by atoms with Crippen LogP contribution in [0, 0.1) is 0 Å². The second kappa shape index (κ2) is 4.54. The van der Waals surface area contributed by atoms with E-state index in [9.17, 15) is 13.2 Å². The van der Waals surface area contributed by atoms with Crippen molar-refractivity contribution in [3.63, 3.8) is 0 Å². The van der Waals surface area contributed by atoms with E-state index in [2.05, 4.69) is 0 Å². The summed E-state index contributed by atoms with van der Waals surface area (Å²) in [6.07, 6.45) is -2.35. The van der Waals surface area contributed by atoms with Gasteiger partial charge in [0.25, 0.3) is 0 Å². The Kier molecular flexibility index (Phi) is 3.26. The molecular formula is C11H13F3N2O. The lowest BCUT2D eigenvalue weighted by Gasteiger charge is -2.20. The molecule has 0 radical (unpaired) electrons. The van der Waals surface area contributed by atoms with Crippen LogP contribution in [0.5, 0.6) is 5.75 Å². The van der Waals surface area contributed by atoms with Crippen LogP contribution in [0.3, 0.4) is 0 Å². The van der Waals surface area contributed by atoms with Crippen LogP contribution in [0.1, 0.15) is 24.4 Å². The van der Waals surface area contributed by atoms with E-state index in [-0.39, 0.29) is 11.7 Å². The summed E-state index contributed by atoms with van der Waals surface area (Å²) in [5.41, 5.74) is 1.83. The first-order chi connectivity index (χ1) is 8.00. The first kappa shape index (κ1) is 12.2. The molecule has 2 rings (SSSR count). The molecule has 94 valence electrons. The van der Waals surface area contributed by atoms with Gasteiger partial charge in [-0.25, -0.2) is 5.43 Å². The topological polar surface area (TPSA) is 47.3 Å². The van der Waals surface area contributed by atoms with Crippen molar-refractivity contribution in [3.8, 4) is 5.75 Å². The summed E-state index contributed by atoms with van der Waals surface area (Å²) >= 11 is 0. The first-order valence-electron chi connectivity index (χ1n) is 5.30. The quantitative estimate of drug-likeness (QED) is 0.633. The zero-order chi connectivity index (χ0) is 12.5. The van der Waals surface area contributed by atoms with E-state index in [0.29, 0.717) is 5.75 Å². The van der Waals surface area contributed by atoms with Crippen molar-refractivity contribution < 1.29 is 17.9 Å². The van der Waals surface area contributed by atoms with Gasteiger partial charge in [-0.05, 0) is 30.5 Å². The van der Waals surface area contributed by atoms with Gasteiger partial charge < -0.3 is 4.74 Å². The molecule has 1 fully saturated rings. The van der Waals surface area contributed by atoms with Gasteiger partial charge in [-0.15, -0.1) is 0 Å². The van der Waals surface area contributed by atoms with Gasteiger partial charge in [0.2, 0.25) is 0 Å². The van der Waals surface area contributed by atoms with E-state index >= 15 is 0 Å². The summed E-state index contributed by atoms with van der Waals surface area (Å²) in [6, 6.07) is 4.05. The second-order valence-electron chi connectivity index (χ2n) is 4.03. The number of hydrazine groups is 1. The van der Waals surface area contributed by atoms with E-state index in [1.165, 1.54) is 18.2 Å². The summed E-state index contributed by atoms with van der Waals surface area (Å²) in [6.45, 7) is 0. The van der Waals surface area contributed by atoms with Gasteiger partial charge in [-0.3, -0.25) is 5.84 Å². The number of hydrogen-bond donors (Lipinski definition) is 2. The molecule has 6 heteroatoms. The second-order valence-corrected chi connectivity index (χ2v) is 4.03. The fourth-order valence-corrected chi connectivity index (χ4v) is 1.53. The van der Waals surface area contributed by atoms with Crippen molar-refractivity contribution in [2.24, 2.45) is 5.84 Å². The molecule has 1 unspecified atom stereocenters. The summed E-state index contributed by atoms with van der Waals surface area (Å²) < 4.78 is 43.3. The maximum Gasteiger partial charge on any atom is 0.409 e. The number of benzene rings is 1. The first-order valence-corrected chi connectivity index (χ1v) is 5.30. The van der Waals surface area contributed by atoms with Crippen LogP contribution >= 0.6 is 0 Å². The molecule has 0 spiro atoms. The van der Waals surface area contributed by atoms with Crippen LogP contribution in [0.4, 0.5) is 13.2 Å². The number of ether oxygens (including phenoxy) is 1. The van der Waals surface area contributed by atoms with Crippen LogP contribution in [-0.2, 0) is 0 Å². The number of nitrogens with one attached hydrogen (secondary N) is 1. The zero-order valence-electron chi connectivity index (χ0n) is 9.00. The minimum atomic E-state index is -4.42. The van der Waals surface area contributed by atoms with Gasteiger partial charge in [-0.2, -0.15) is 13.2 Å². The molecule has 0 bridgehead atoms. The van der Waals surface area contributed by atoms with Crippen LogP contribution < -0.4 is 16.0 Å². The Labute approximate surface area is 96.7 Å². The van der Waals surface area contributed by atoms with Crippen LogP contribution in [0.25, 0.3) is 0 Å². The molecular weight excluding hydrogens is 233 g/mol. The Bertz CT molecular complexity index is 391. The highest BCUT2D eigenvalue weighted by molar-refractivity contribution is 5.31. The summed E-state index contributed by atoms with van der Waals surface area (Å²) in [7, 11) is 0. The predicted octanol–water partition coefficient (Wildman–Crippen LogP) is 2.29. The van der Waals surface area contributed by atoms with Gasteiger partial charge in [0.15, 0.2) is 0 Å². The molecule has 1 aliphatic carbocycles.